The molecule has 98 valence electrons. The number of nitrogens with one attached hydrogen (secondary N) is 2. The molecule has 1 heterocycles. The molecule has 0 amide bonds. The first-order chi connectivity index (χ1) is 9.08. The number of aromatic nitrogens is 3. The average Bonchev–Trinajstić information content (AvgIpc) is 2.37. The molecule has 0 radical (unpaired) electrons. The van der Waals surface area contributed by atoms with Gasteiger partial charge in [0.05, 0.1) is 12.7 Å². The first-order valence-corrected chi connectivity index (χ1v) is 5.55. The monoisotopic (exact) mass is 280 g/mol. The van der Waals surface area contributed by atoms with Crippen molar-refractivity contribution in [3.63, 3.8) is 0 Å². The highest BCUT2D eigenvalue weighted by molar-refractivity contribution is 6.28. The molecule has 19 heavy (non-hydrogen) atoms. The van der Waals surface area contributed by atoms with Gasteiger partial charge in [0.25, 0.3) is 0 Å². The Bertz CT molecular complexity index is 654. The van der Waals surface area contributed by atoms with Crippen molar-refractivity contribution in [3.05, 3.63) is 45.6 Å². The normalized spacial score (nSPS) is 10.0. The Morgan fingerprint density at radius 1 is 1.32 bits per heavy atom. The van der Waals surface area contributed by atoms with E-state index in [9.17, 15) is 9.59 Å². The van der Waals surface area contributed by atoms with E-state index in [2.05, 4.69) is 25.0 Å². The van der Waals surface area contributed by atoms with Crippen molar-refractivity contribution in [2.75, 3.05) is 12.4 Å². The Morgan fingerprint density at radius 2 is 2.00 bits per heavy atom. The van der Waals surface area contributed by atoms with E-state index in [1.807, 2.05) is 0 Å². The van der Waals surface area contributed by atoms with Gasteiger partial charge in [-0.1, -0.05) is 0 Å². The summed E-state index contributed by atoms with van der Waals surface area (Å²) < 4.78 is 4.58. The third-order valence-electron chi connectivity index (χ3n) is 2.18. The Labute approximate surface area is 112 Å². The average molecular weight is 281 g/mol. The summed E-state index contributed by atoms with van der Waals surface area (Å²) in [4.78, 5) is 31.9. The molecule has 8 heteroatoms. The van der Waals surface area contributed by atoms with Gasteiger partial charge in [-0.25, -0.2) is 9.59 Å². The molecule has 0 aliphatic rings. The van der Waals surface area contributed by atoms with Crippen LogP contribution in [0.1, 0.15) is 10.4 Å². The maximum Gasteiger partial charge on any atom is 0.350 e. The van der Waals surface area contributed by atoms with Crippen LogP contribution in [0.3, 0.4) is 0 Å². The van der Waals surface area contributed by atoms with Crippen molar-refractivity contribution in [1.82, 2.24) is 15.0 Å². The number of anilines is 2. The first-order valence-electron chi connectivity index (χ1n) is 5.18. The highest BCUT2D eigenvalue weighted by Crippen LogP contribution is 2.14. The maximum atomic E-state index is 11.2. The second-order valence-corrected chi connectivity index (χ2v) is 3.82. The molecule has 0 saturated carbocycles. The Balaban J connectivity index is 2.19. The number of rotatable bonds is 3. The molecule has 0 saturated heterocycles. The van der Waals surface area contributed by atoms with Crippen molar-refractivity contribution < 1.29 is 9.53 Å². The summed E-state index contributed by atoms with van der Waals surface area (Å²) in [5, 5.41) is 2.73. The highest BCUT2D eigenvalue weighted by atomic mass is 35.5. The van der Waals surface area contributed by atoms with Crippen LogP contribution in [-0.4, -0.2) is 28.0 Å². The van der Waals surface area contributed by atoms with Gasteiger partial charge in [0.2, 0.25) is 11.2 Å². The van der Waals surface area contributed by atoms with Gasteiger partial charge in [0, 0.05) is 5.69 Å². The first kappa shape index (κ1) is 13.0. The summed E-state index contributed by atoms with van der Waals surface area (Å²) in [6.07, 6.45) is 0. The Morgan fingerprint density at radius 3 is 2.58 bits per heavy atom. The number of nitrogens with zero attached hydrogens (tertiary/aromatic N) is 2. The zero-order valence-corrected chi connectivity index (χ0v) is 10.6. The van der Waals surface area contributed by atoms with Gasteiger partial charge in [-0.2, -0.15) is 9.97 Å². The van der Waals surface area contributed by atoms with Crippen molar-refractivity contribution >= 4 is 29.2 Å². The minimum absolute atomic E-state index is 0.0614. The lowest BCUT2D eigenvalue weighted by molar-refractivity contribution is 0.0601. The van der Waals surface area contributed by atoms with Crippen LogP contribution in [0.15, 0.2) is 29.1 Å². The molecule has 1 aromatic carbocycles. The van der Waals surface area contributed by atoms with Crippen LogP contribution in [0, 0.1) is 0 Å². The predicted molar refractivity (Wildman–Crippen MR) is 68.7 cm³/mol. The number of halogens is 1. The summed E-state index contributed by atoms with van der Waals surface area (Å²) >= 11 is 5.59. The molecule has 0 spiro atoms. The van der Waals surface area contributed by atoms with Crippen LogP contribution < -0.4 is 11.0 Å². The lowest BCUT2D eigenvalue weighted by Crippen LogP contribution is -2.14. The number of esters is 1. The van der Waals surface area contributed by atoms with Crippen molar-refractivity contribution in [2.24, 2.45) is 0 Å². The van der Waals surface area contributed by atoms with E-state index in [1.165, 1.54) is 7.11 Å². The topological polar surface area (TPSA) is 97.0 Å². The standard InChI is InChI=1S/C11H9ClN4O3/c1-19-8(17)6-2-4-7(5-3-6)13-10-14-9(12)15-11(18)16-10/h2-5H,1H3,(H2,13,14,15,16,18). The summed E-state index contributed by atoms with van der Waals surface area (Å²) in [6, 6.07) is 6.40. The zero-order chi connectivity index (χ0) is 13.8. The lowest BCUT2D eigenvalue weighted by Gasteiger charge is -2.05. The van der Waals surface area contributed by atoms with Crippen LogP contribution in [0.2, 0.25) is 5.28 Å². The molecule has 0 atom stereocenters. The number of hydrogen-bond acceptors (Lipinski definition) is 6. The number of aromatic amines is 1. The highest BCUT2D eigenvalue weighted by Gasteiger charge is 2.05. The number of benzene rings is 1. The van der Waals surface area contributed by atoms with Crippen LogP contribution in [-0.2, 0) is 4.74 Å². The van der Waals surface area contributed by atoms with Gasteiger partial charge in [0.1, 0.15) is 0 Å². The van der Waals surface area contributed by atoms with Crippen molar-refractivity contribution in [1.29, 1.82) is 0 Å². The summed E-state index contributed by atoms with van der Waals surface area (Å²) in [6.45, 7) is 0. The molecule has 2 aromatic rings. The van der Waals surface area contributed by atoms with Crippen molar-refractivity contribution in [3.8, 4) is 0 Å². The van der Waals surface area contributed by atoms with Gasteiger partial charge >= 0.3 is 11.7 Å². The van der Waals surface area contributed by atoms with E-state index < -0.39 is 11.7 Å². The minimum atomic E-state index is -0.603. The van der Waals surface area contributed by atoms with Crippen LogP contribution in [0.25, 0.3) is 0 Å². The second-order valence-electron chi connectivity index (χ2n) is 3.46. The van der Waals surface area contributed by atoms with E-state index in [-0.39, 0.29) is 11.2 Å². The number of hydrogen-bond donors (Lipinski definition) is 2. The Kier molecular flexibility index (Phi) is 3.76. The molecule has 0 aliphatic carbocycles. The fraction of sp³-hybridized carbons (Fsp3) is 0.0909. The minimum Gasteiger partial charge on any atom is -0.465 e. The molecule has 0 unspecified atom stereocenters. The van der Waals surface area contributed by atoms with Crippen LogP contribution in [0.4, 0.5) is 11.6 Å². The summed E-state index contributed by atoms with van der Waals surface area (Å²) in [7, 11) is 1.31. The number of ether oxygens (including phenoxy) is 1. The van der Waals surface area contributed by atoms with E-state index in [4.69, 9.17) is 11.6 Å². The van der Waals surface area contributed by atoms with Gasteiger partial charge in [-0.15, -0.1) is 0 Å². The molecule has 2 N–H and O–H groups in total. The van der Waals surface area contributed by atoms with Gasteiger partial charge in [-0.3, -0.25) is 4.98 Å². The van der Waals surface area contributed by atoms with Gasteiger partial charge < -0.3 is 10.1 Å². The lowest BCUT2D eigenvalue weighted by atomic mass is 10.2. The predicted octanol–water partition coefficient (Wildman–Crippen LogP) is 1.35. The van der Waals surface area contributed by atoms with E-state index >= 15 is 0 Å². The fourth-order valence-electron chi connectivity index (χ4n) is 1.35. The number of H-pyrrole nitrogens is 1. The van der Waals surface area contributed by atoms with E-state index in [1.54, 1.807) is 24.3 Å². The number of carbonyl (C=O) groups is 1. The quantitative estimate of drug-likeness (QED) is 0.824. The maximum absolute atomic E-state index is 11.2. The fourth-order valence-corrected chi connectivity index (χ4v) is 1.51. The van der Waals surface area contributed by atoms with Crippen LogP contribution >= 0.6 is 11.6 Å². The van der Waals surface area contributed by atoms with Gasteiger partial charge in [-0.05, 0) is 35.9 Å². The number of methoxy groups -OCH3 is 1. The van der Waals surface area contributed by atoms with Crippen LogP contribution in [0.5, 0.6) is 0 Å². The zero-order valence-electron chi connectivity index (χ0n) is 9.81. The molecular weight excluding hydrogens is 272 g/mol. The summed E-state index contributed by atoms with van der Waals surface area (Å²) in [5.74, 6) is -0.360. The smallest absolute Gasteiger partial charge is 0.350 e. The molecule has 2 rings (SSSR count). The SMILES string of the molecule is COC(=O)c1ccc(Nc2nc(Cl)[nH]c(=O)n2)cc1. The molecule has 0 aliphatic heterocycles. The summed E-state index contributed by atoms with van der Waals surface area (Å²) in [5.41, 5.74) is 0.418. The Hall–Kier alpha value is -2.41. The van der Waals surface area contributed by atoms with Crippen molar-refractivity contribution in [2.45, 2.75) is 0 Å². The van der Waals surface area contributed by atoms with E-state index in [0.29, 0.717) is 11.3 Å². The molecule has 7 nitrogen and oxygen atoms in total. The second kappa shape index (κ2) is 5.49. The molecular formula is C11H9ClN4O3. The molecule has 0 fully saturated rings. The number of carbonyl (C=O) groups excluding carboxylic acids is 1. The third-order valence-corrected chi connectivity index (χ3v) is 2.36. The van der Waals surface area contributed by atoms with Gasteiger partial charge in [0.15, 0.2) is 0 Å². The molecule has 1 aromatic heterocycles. The van der Waals surface area contributed by atoms with E-state index in [0.717, 1.165) is 0 Å². The third kappa shape index (κ3) is 3.29. The molecule has 0 bridgehead atoms. The largest absolute Gasteiger partial charge is 0.465 e.